The Hall–Kier alpha value is -3.68. The Morgan fingerprint density at radius 3 is 2.58 bits per heavy atom. The minimum atomic E-state index is -1.15. The number of hydrogen-bond acceptors (Lipinski definition) is 6. The monoisotopic (exact) mass is 425 g/mol. The molecule has 0 aliphatic rings. The van der Waals surface area contributed by atoms with Gasteiger partial charge in [0.15, 0.2) is 0 Å². The maximum atomic E-state index is 13.0. The molecule has 162 valence electrons. The molecule has 0 saturated carbocycles. The summed E-state index contributed by atoms with van der Waals surface area (Å²) >= 11 is 0. The fourth-order valence-corrected chi connectivity index (χ4v) is 2.89. The number of carboxylic acids is 1. The molecular weight excluding hydrogens is 401 g/mol. The summed E-state index contributed by atoms with van der Waals surface area (Å²) in [6.45, 7) is 4.93. The van der Waals surface area contributed by atoms with E-state index >= 15 is 0 Å². The maximum absolute atomic E-state index is 13.0. The van der Waals surface area contributed by atoms with Gasteiger partial charge in [-0.15, -0.1) is 0 Å². The highest BCUT2D eigenvalue weighted by molar-refractivity contribution is 5.88. The van der Waals surface area contributed by atoms with Gasteiger partial charge in [0.2, 0.25) is 5.95 Å². The van der Waals surface area contributed by atoms with Gasteiger partial charge in [-0.05, 0) is 41.8 Å². The van der Waals surface area contributed by atoms with Crippen LogP contribution in [0, 0.1) is 5.82 Å². The number of nitrogens with zero attached hydrogens (tertiary/aromatic N) is 2. The summed E-state index contributed by atoms with van der Waals surface area (Å²) in [6.07, 6.45) is 1.23. The number of aromatic carboxylic acids is 1. The van der Waals surface area contributed by atoms with Crippen molar-refractivity contribution in [2.75, 3.05) is 18.5 Å². The van der Waals surface area contributed by atoms with E-state index in [4.69, 9.17) is 9.47 Å². The van der Waals surface area contributed by atoms with Crippen molar-refractivity contribution < 1.29 is 23.8 Å². The van der Waals surface area contributed by atoms with Crippen molar-refractivity contribution in [2.45, 2.75) is 26.4 Å². The lowest BCUT2D eigenvalue weighted by Crippen LogP contribution is -2.16. The Bertz CT molecular complexity index is 1030. The summed E-state index contributed by atoms with van der Waals surface area (Å²) in [6, 6.07) is 13.3. The number of halogens is 1. The van der Waals surface area contributed by atoms with Crippen molar-refractivity contribution in [3.8, 4) is 11.5 Å². The first-order chi connectivity index (χ1) is 14.9. The average molecular weight is 425 g/mol. The summed E-state index contributed by atoms with van der Waals surface area (Å²) in [5.74, 6) is 0.310. The molecule has 0 fully saturated rings. The van der Waals surface area contributed by atoms with Crippen LogP contribution in [-0.2, 0) is 6.61 Å². The number of ether oxygens (including phenoxy) is 2. The molecule has 7 nitrogen and oxygen atoms in total. The van der Waals surface area contributed by atoms with E-state index in [0.29, 0.717) is 24.8 Å². The van der Waals surface area contributed by atoms with Gasteiger partial charge in [0.05, 0.1) is 12.2 Å². The molecule has 0 aliphatic heterocycles. The Labute approximate surface area is 179 Å². The summed E-state index contributed by atoms with van der Waals surface area (Å²) < 4.78 is 24.4. The third-order valence-corrected chi connectivity index (χ3v) is 4.47. The van der Waals surface area contributed by atoms with E-state index in [0.717, 1.165) is 11.3 Å². The maximum Gasteiger partial charge on any atom is 0.339 e. The first-order valence-electron chi connectivity index (χ1n) is 9.87. The molecule has 2 aromatic carbocycles. The zero-order chi connectivity index (χ0) is 22.2. The lowest BCUT2D eigenvalue weighted by atomic mass is 10.0. The number of hydrogen-bond donors (Lipinski definition) is 2. The van der Waals surface area contributed by atoms with Gasteiger partial charge in [-0.25, -0.2) is 19.2 Å². The number of rotatable bonds is 10. The quantitative estimate of drug-likeness (QED) is 0.462. The smallest absolute Gasteiger partial charge is 0.339 e. The van der Waals surface area contributed by atoms with Crippen molar-refractivity contribution in [3.05, 3.63) is 77.4 Å². The highest BCUT2D eigenvalue weighted by atomic mass is 19.1. The van der Waals surface area contributed by atoms with E-state index in [2.05, 4.69) is 29.1 Å². The topological polar surface area (TPSA) is 93.6 Å². The van der Waals surface area contributed by atoms with Crippen LogP contribution in [0.5, 0.6) is 11.5 Å². The molecule has 0 saturated heterocycles. The predicted octanol–water partition coefficient (Wildman–Crippen LogP) is 4.51. The van der Waals surface area contributed by atoms with Gasteiger partial charge < -0.3 is 19.9 Å². The second kappa shape index (κ2) is 10.4. The lowest BCUT2D eigenvalue weighted by Gasteiger charge is -2.14. The standard InChI is InChI=1S/C23H24FN3O4/c1-15(2)18-5-3-4-6-21(18)30-12-11-25-23-26-13-19(22(28)29)20(27-23)14-31-17-9-7-16(24)8-10-17/h3-10,13,15H,11-12,14H2,1-2H3,(H,28,29)(H,25,26,27). The summed E-state index contributed by atoms with van der Waals surface area (Å²) in [5.41, 5.74) is 1.28. The number of carboxylic acid groups (broad SMARTS) is 1. The van der Waals surface area contributed by atoms with Crippen LogP contribution in [0.1, 0.15) is 41.4 Å². The van der Waals surface area contributed by atoms with E-state index in [9.17, 15) is 14.3 Å². The van der Waals surface area contributed by atoms with Gasteiger partial charge in [0, 0.05) is 6.20 Å². The zero-order valence-corrected chi connectivity index (χ0v) is 17.3. The first-order valence-corrected chi connectivity index (χ1v) is 9.87. The number of nitrogens with one attached hydrogen (secondary N) is 1. The van der Waals surface area contributed by atoms with Gasteiger partial charge in [-0.3, -0.25) is 0 Å². The van der Waals surface area contributed by atoms with Gasteiger partial charge in [-0.1, -0.05) is 32.0 Å². The van der Waals surface area contributed by atoms with Crippen molar-refractivity contribution >= 4 is 11.9 Å². The molecule has 1 heterocycles. The van der Waals surface area contributed by atoms with Crippen molar-refractivity contribution in [1.82, 2.24) is 9.97 Å². The molecule has 0 aliphatic carbocycles. The highest BCUT2D eigenvalue weighted by Gasteiger charge is 2.14. The Morgan fingerprint density at radius 1 is 1.13 bits per heavy atom. The predicted molar refractivity (Wildman–Crippen MR) is 114 cm³/mol. The second-order valence-electron chi connectivity index (χ2n) is 7.07. The van der Waals surface area contributed by atoms with E-state index in [-0.39, 0.29) is 29.6 Å². The van der Waals surface area contributed by atoms with E-state index in [1.165, 1.54) is 30.5 Å². The molecule has 2 N–H and O–H groups in total. The molecule has 31 heavy (non-hydrogen) atoms. The molecule has 8 heteroatoms. The van der Waals surface area contributed by atoms with Gasteiger partial charge in [0.1, 0.15) is 36.1 Å². The van der Waals surface area contributed by atoms with Crippen molar-refractivity contribution in [2.24, 2.45) is 0 Å². The fraction of sp³-hybridized carbons (Fsp3) is 0.261. The van der Waals surface area contributed by atoms with E-state index < -0.39 is 5.97 Å². The van der Waals surface area contributed by atoms with Gasteiger partial charge in [-0.2, -0.15) is 0 Å². The van der Waals surface area contributed by atoms with Crippen LogP contribution in [0.4, 0.5) is 10.3 Å². The number of anilines is 1. The molecule has 0 radical (unpaired) electrons. The summed E-state index contributed by atoms with van der Waals surface area (Å²) in [7, 11) is 0. The van der Waals surface area contributed by atoms with Crippen LogP contribution >= 0.6 is 0 Å². The minimum absolute atomic E-state index is 0.0604. The summed E-state index contributed by atoms with van der Waals surface area (Å²) in [4.78, 5) is 19.8. The van der Waals surface area contributed by atoms with Crippen LogP contribution in [-0.4, -0.2) is 34.2 Å². The molecule has 0 atom stereocenters. The zero-order valence-electron chi connectivity index (χ0n) is 17.3. The lowest BCUT2D eigenvalue weighted by molar-refractivity contribution is 0.0692. The molecule has 0 amide bonds. The average Bonchev–Trinajstić information content (AvgIpc) is 2.76. The van der Waals surface area contributed by atoms with E-state index in [1.54, 1.807) is 0 Å². The van der Waals surface area contributed by atoms with Crippen molar-refractivity contribution in [3.63, 3.8) is 0 Å². The Morgan fingerprint density at radius 2 is 1.87 bits per heavy atom. The first kappa shape index (κ1) is 22.0. The molecule has 3 rings (SSSR count). The van der Waals surface area contributed by atoms with Crippen molar-refractivity contribution in [1.29, 1.82) is 0 Å². The summed E-state index contributed by atoms with van der Waals surface area (Å²) in [5, 5.41) is 12.4. The number of para-hydroxylation sites is 1. The normalized spacial score (nSPS) is 10.7. The minimum Gasteiger partial charge on any atom is -0.491 e. The number of carbonyl (C=O) groups is 1. The van der Waals surface area contributed by atoms with Crippen LogP contribution in [0.15, 0.2) is 54.7 Å². The molecule has 1 aromatic heterocycles. The molecule has 3 aromatic rings. The Balaban J connectivity index is 1.60. The Kier molecular flexibility index (Phi) is 7.37. The molecule has 0 spiro atoms. The van der Waals surface area contributed by atoms with Gasteiger partial charge in [0.25, 0.3) is 0 Å². The van der Waals surface area contributed by atoms with Crippen LogP contribution in [0.2, 0.25) is 0 Å². The third kappa shape index (κ3) is 6.15. The molecule has 0 unspecified atom stereocenters. The van der Waals surface area contributed by atoms with Crippen LogP contribution < -0.4 is 14.8 Å². The number of aromatic nitrogens is 2. The SMILES string of the molecule is CC(C)c1ccccc1OCCNc1ncc(C(=O)O)c(COc2ccc(F)cc2)n1. The van der Waals surface area contributed by atoms with Crippen LogP contribution in [0.25, 0.3) is 0 Å². The molecular formula is C23H24FN3O4. The fourth-order valence-electron chi connectivity index (χ4n) is 2.89. The number of benzene rings is 2. The van der Waals surface area contributed by atoms with E-state index in [1.807, 2.05) is 24.3 Å². The molecule has 0 bridgehead atoms. The highest BCUT2D eigenvalue weighted by Crippen LogP contribution is 2.25. The van der Waals surface area contributed by atoms with Crippen LogP contribution in [0.3, 0.4) is 0 Å². The van der Waals surface area contributed by atoms with Gasteiger partial charge >= 0.3 is 5.97 Å². The largest absolute Gasteiger partial charge is 0.491 e. The third-order valence-electron chi connectivity index (χ3n) is 4.47. The second-order valence-corrected chi connectivity index (χ2v) is 7.07.